The Morgan fingerprint density at radius 2 is 1.92 bits per heavy atom. The first-order valence-electron chi connectivity index (χ1n) is 7.37. The van der Waals surface area contributed by atoms with E-state index in [4.69, 9.17) is 26.3 Å². The van der Waals surface area contributed by atoms with Gasteiger partial charge < -0.3 is 14.7 Å². The zero-order valence-corrected chi connectivity index (χ0v) is 13.8. The Morgan fingerprint density at radius 1 is 1.12 bits per heavy atom. The highest BCUT2D eigenvalue weighted by molar-refractivity contribution is 6.32. The highest BCUT2D eigenvalue weighted by Gasteiger charge is 2.12. The summed E-state index contributed by atoms with van der Waals surface area (Å²) in [5.41, 5.74) is 1.68. The molecule has 3 aromatic rings. The van der Waals surface area contributed by atoms with Gasteiger partial charge in [-0.25, -0.2) is 0 Å². The lowest BCUT2D eigenvalue weighted by Crippen LogP contribution is -2.00. The van der Waals surface area contributed by atoms with Crippen molar-refractivity contribution in [2.45, 2.75) is 6.61 Å². The van der Waals surface area contributed by atoms with Gasteiger partial charge in [-0.15, -0.1) is 0 Å². The molecule has 1 N–H and O–H groups in total. The molecule has 24 heavy (non-hydrogen) atoms. The number of hydrogen-bond acceptors (Lipinski definition) is 4. The predicted molar refractivity (Wildman–Crippen MR) is 95.7 cm³/mol. The van der Waals surface area contributed by atoms with Crippen molar-refractivity contribution in [3.8, 4) is 11.5 Å². The van der Waals surface area contributed by atoms with Gasteiger partial charge >= 0.3 is 0 Å². The van der Waals surface area contributed by atoms with Crippen LogP contribution < -0.4 is 9.47 Å². The molecule has 0 fully saturated rings. The normalized spacial score (nSPS) is 11.1. The molecule has 5 heteroatoms. The van der Waals surface area contributed by atoms with Crippen LogP contribution in [-0.4, -0.2) is 18.5 Å². The molecule has 0 saturated heterocycles. The smallest absolute Gasteiger partial charge is 0.180 e. The highest BCUT2D eigenvalue weighted by Crippen LogP contribution is 2.37. The minimum absolute atomic E-state index is 0.366. The van der Waals surface area contributed by atoms with Crippen molar-refractivity contribution in [3.63, 3.8) is 0 Å². The zero-order chi connectivity index (χ0) is 16.9. The van der Waals surface area contributed by atoms with Crippen LogP contribution in [0.1, 0.15) is 11.1 Å². The number of ether oxygens (including phenoxy) is 2. The molecule has 4 nitrogen and oxygen atoms in total. The summed E-state index contributed by atoms with van der Waals surface area (Å²) in [4.78, 5) is 0. The molecule has 0 atom stereocenters. The van der Waals surface area contributed by atoms with Crippen molar-refractivity contribution in [2.24, 2.45) is 5.16 Å². The van der Waals surface area contributed by atoms with Crippen LogP contribution >= 0.6 is 11.6 Å². The minimum Gasteiger partial charge on any atom is -0.493 e. The maximum atomic E-state index is 8.65. The lowest BCUT2D eigenvalue weighted by atomic mass is 10.1. The summed E-state index contributed by atoms with van der Waals surface area (Å²) in [6.07, 6.45) is 1.28. The maximum absolute atomic E-state index is 8.65. The first-order chi connectivity index (χ1) is 11.7. The van der Waals surface area contributed by atoms with E-state index in [0.717, 1.165) is 16.3 Å². The summed E-state index contributed by atoms with van der Waals surface area (Å²) >= 11 is 6.29. The van der Waals surface area contributed by atoms with Crippen LogP contribution in [0.25, 0.3) is 10.8 Å². The molecule has 0 saturated carbocycles. The van der Waals surface area contributed by atoms with Gasteiger partial charge in [0.05, 0.1) is 18.3 Å². The first-order valence-corrected chi connectivity index (χ1v) is 7.75. The van der Waals surface area contributed by atoms with Gasteiger partial charge in [0, 0.05) is 5.56 Å². The van der Waals surface area contributed by atoms with Gasteiger partial charge in [0.2, 0.25) is 0 Å². The lowest BCUT2D eigenvalue weighted by molar-refractivity contribution is 0.286. The summed E-state index contributed by atoms with van der Waals surface area (Å²) in [7, 11) is 1.54. The van der Waals surface area contributed by atoms with E-state index in [2.05, 4.69) is 23.4 Å². The summed E-state index contributed by atoms with van der Waals surface area (Å²) in [5, 5.41) is 14.3. The van der Waals surface area contributed by atoms with Crippen molar-refractivity contribution in [1.29, 1.82) is 0 Å². The lowest BCUT2D eigenvalue weighted by Gasteiger charge is -2.14. The quantitative estimate of drug-likeness (QED) is 0.408. The SMILES string of the molecule is COc1cc(/C=N\O)cc(Cl)c1OCc1cccc2ccccc12. The third-order valence-corrected chi connectivity index (χ3v) is 3.99. The monoisotopic (exact) mass is 341 g/mol. The number of nitrogens with zero attached hydrogens (tertiary/aromatic N) is 1. The summed E-state index contributed by atoms with van der Waals surface area (Å²) < 4.78 is 11.3. The summed E-state index contributed by atoms with van der Waals surface area (Å²) in [5.74, 6) is 0.944. The maximum Gasteiger partial charge on any atom is 0.180 e. The molecule has 3 aromatic carbocycles. The number of rotatable bonds is 5. The first kappa shape index (κ1) is 16.1. The Kier molecular flexibility index (Phi) is 4.87. The Bertz CT molecular complexity index is 888. The Labute approximate surface area is 144 Å². The van der Waals surface area contributed by atoms with Crippen LogP contribution in [-0.2, 0) is 6.61 Å². The largest absolute Gasteiger partial charge is 0.493 e. The van der Waals surface area contributed by atoms with Gasteiger partial charge in [0.25, 0.3) is 0 Å². The van der Waals surface area contributed by atoms with Crippen molar-refractivity contribution < 1.29 is 14.7 Å². The van der Waals surface area contributed by atoms with E-state index in [1.807, 2.05) is 24.3 Å². The van der Waals surface area contributed by atoms with Crippen molar-refractivity contribution in [3.05, 3.63) is 70.7 Å². The second-order valence-corrected chi connectivity index (χ2v) is 5.61. The third kappa shape index (κ3) is 3.29. The fourth-order valence-corrected chi connectivity index (χ4v) is 2.86. The zero-order valence-electron chi connectivity index (χ0n) is 13.1. The van der Waals surface area contributed by atoms with E-state index in [9.17, 15) is 0 Å². The molecule has 0 radical (unpaired) electrons. The molecule has 0 aromatic heterocycles. The van der Waals surface area contributed by atoms with Crippen LogP contribution in [0.2, 0.25) is 5.02 Å². The average molecular weight is 342 g/mol. The van der Waals surface area contributed by atoms with Gasteiger partial charge in [-0.05, 0) is 28.5 Å². The molecule has 0 spiro atoms. The second-order valence-electron chi connectivity index (χ2n) is 5.21. The number of halogens is 1. The van der Waals surface area contributed by atoms with Gasteiger partial charge in [-0.1, -0.05) is 59.2 Å². The van der Waals surface area contributed by atoms with Crippen molar-refractivity contribution in [1.82, 2.24) is 0 Å². The van der Waals surface area contributed by atoms with Crippen molar-refractivity contribution in [2.75, 3.05) is 7.11 Å². The Balaban J connectivity index is 1.91. The van der Waals surface area contributed by atoms with Gasteiger partial charge in [0.1, 0.15) is 6.61 Å². The van der Waals surface area contributed by atoms with E-state index in [1.54, 1.807) is 12.1 Å². The van der Waals surface area contributed by atoms with Gasteiger partial charge in [-0.2, -0.15) is 0 Å². The number of oxime groups is 1. The molecule has 122 valence electrons. The molecular weight excluding hydrogens is 326 g/mol. The standard InChI is InChI=1S/C19H16ClNO3/c1-23-18-10-13(11-21-22)9-17(20)19(18)24-12-15-7-4-6-14-5-2-3-8-16(14)15/h2-11,22H,12H2,1H3/b21-11-. The Morgan fingerprint density at radius 3 is 2.71 bits per heavy atom. The molecule has 0 aliphatic heterocycles. The van der Waals surface area contributed by atoms with E-state index in [-0.39, 0.29) is 0 Å². The van der Waals surface area contributed by atoms with Crippen LogP contribution in [0.15, 0.2) is 59.8 Å². The van der Waals surface area contributed by atoms with Gasteiger partial charge in [0.15, 0.2) is 11.5 Å². The van der Waals surface area contributed by atoms with Crippen molar-refractivity contribution >= 4 is 28.6 Å². The predicted octanol–water partition coefficient (Wildman–Crippen LogP) is 4.89. The number of fused-ring (bicyclic) bond motifs is 1. The Hall–Kier alpha value is -2.72. The topological polar surface area (TPSA) is 51.0 Å². The molecule has 0 unspecified atom stereocenters. The molecule has 0 bridgehead atoms. The van der Waals surface area contributed by atoms with Crippen LogP contribution in [0.4, 0.5) is 0 Å². The van der Waals surface area contributed by atoms with E-state index in [0.29, 0.717) is 28.7 Å². The third-order valence-electron chi connectivity index (χ3n) is 3.71. The van der Waals surface area contributed by atoms with Crippen LogP contribution in [0.5, 0.6) is 11.5 Å². The van der Waals surface area contributed by atoms with E-state index in [1.165, 1.54) is 13.3 Å². The number of hydrogen-bond donors (Lipinski definition) is 1. The van der Waals surface area contributed by atoms with Crippen LogP contribution in [0, 0.1) is 0 Å². The van der Waals surface area contributed by atoms with E-state index >= 15 is 0 Å². The number of benzene rings is 3. The highest BCUT2D eigenvalue weighted by atomic mass is 35.5. The van der Waals surface area contributed by atoms with Gasteiger partial charge in [-0.3, -0.25) is 0 Å². The molecule has 0 aliphatic carbocycles. The molecule has 0 amide bonds. The van der Waals surface area contributed by atoms with Crippen LogP contribution in [0.3, 0.4) is 0 Å². The second kappa shape index (κ2) is 7.23. The average Bonchev–Trinajstić information content (AvgIpc) is 2.60. The summed E-state index contributed by atoms with van der Waals surface area (Å²) in [6, 6.07) is 17.6. The molecule has 0 heterocycles. The molecular formula is C19H16ClNO3. The van der Waals surface area contributed by atoms with E-state index < -0.39 is 0 Å². The minimum atomic E-state index is 0.366. The molecule has 3 rings (SSSR count). The molecule has 0 aliphatic rings. The fourth-order valence-electron chi connectivity index (χ4n) is 2.59. The summed E-state index contributed by atoms with van der Waals surface area (Å²) in [6.45, 7) is 0.366. The fraction of sp³-hybridized carbons (Fsp3) is 0.105. The number of methoxy groups -OCH3 is 1.